The number of benzene rings is 1. The second-order valence-corrected chi connectivity index (χ2v) is 4.05. The predicted molar refractivity (Wildman–Crippen MR) is 67.6 cm³/mol. The van der Waals surface area contributed by atoms with E-state index in [1.54, 1.807) is 18.2 Å². The molecule has 1 aromatic rings. The highest BCUT2D eigenvalue weighted by atomic mass is 16.7. The maximum absolute atomic E-state index is 12.0. The molecule has 0 aromatic heterocycles. The van der Waals surface area contributed by atoms with Crippen molar-refractivity contribution in [1.82, 2.24) is 5.32 Å². The lowest BCUT2D eigenvalue weighted by atomic mass is 10.1. The lowest BCUT2D eigenvalue weighted by Gasteiger charge is -2.14. The number of amides is 1. The van der Waals surface area contributed by atoms with Gasteiger partial charge in [0.25, 0.3) is 5.91 Å². The van der Waals surface area contributed by atoms with Crippen molar-refractivity contribution in [2.45, 2.75) is 25.8 Å². The van der Waals surface area contributed by atoms with Gasteiger partial charge in [-0.2, -0.15) is 0 Å². The van der Waals surface area contributed by atoms with Gasteiger partial charge in [-0.05, 0) is 24.6 Å². The van der Waals surface area contributed by atoms with E-state index >= 15 is 0 Å². The molecule has 1 unspecified atom stereocenters. The molecule has 1 aromatic carbocycles. The molecule has 0 saturated carbocycles. The van der Waals surface area contributed by atoms with Crippen molar-refractivity contribution in [2.24, 2.45) is 0 Å². The van der Waals surface area contributed by atoms with Crippen LogP contribution in [0.2, 0.25) is 0 Å². The first kappa shape index (κ1) is 12.3. The van der Waals surface area contributed by atoms with Crippen molar-refractivity contribution in [3.05, 3.63) is 23.8 Å². The van der Waals surface area contributed by atoms with Crippen LogP contribution in [0.15, 0.2) is 18.2 Å². The molecule has 1 aliphatic heterocycles. The molecular formula is C14H15NO3. The second-order valence-electron chi connectivity index (χ2n) is 4.05. The molecule has 1 aliphatic rings. The summed E-state index contributed by atoms with van der Waals surface area (Å²) in [7, 11) is 0. The number of hydrogen-bond donors (Lipinski definition) is 1. The molecule has 4 heteroatoms. The van der Waals surface area contributed by atoms with Crippen LogP contribution in [0.3, 0.4) is 0 Å². The van der Waals surface area contributed by atoms with Gasteiger partial charge < -0.3 is 14.8 Å². The number of carbonyl (C=O) groups is 1. The van der Waals surface area contributed by atoms with E-state index in [9.17, 15) is 4.79 Å². The molecular weight excluding hydrogens is 230 g/mol. The summed E-state index contributed by atoms with van der Waals surface area (Å²) in [6, 6.07) is 5.14. The number of ether oxygens (including phenoxy) is 2. The fourth-order valence-corrected chi connectivity index (χ4v) is 1.75. The number of fused-ring (bicyclic) bond motifs is 1. The highest BCUT2D eigenvalue weighted by molar-refractivity contribution is 5.95. The van der Waals surface area contributed by atoms with Gasteiger partial charge in [-0.3, -0.25) is 4.79 Å². The Labute approximate surface area is 106 Å². The third-order valence-corrected chi connectivity index (χ3v) is 2.83. The summed E-state index contributed by atoms with van der Waals surface area (Å²) < 4.78 is 10.4. The number of rotatable bonds is 4. The summed E-state index contributed by atoms with van der Waals surface area (Å²) in [6.07, 6.45) is 6.60. The van der Waals surface area contributed by atoms with Gasteiger partial charge in [0.2, 0.25) is 6.79 Å². The molecule has 1 atom stereocenters. The molecule has 1 N–H and O–H groups in total. The van der Waals surface area contributed by atoms with Gasteiger partial charge in [0.1, 0.15) is 0 Å². The Morgan fingerprint density at radius 3 is 3.00 bits per heavy atom. The van der Waals surface area contributed by atoms with E-state index in [-0.39, 0.29) is 18.7 Å². The van der Waals surface area contributed by atoms with Gasteiger partial charge in [0.05, 0.1) is 0 Å². The summed E-state index contributed by atoms with van der Waals surface area (Å²) in [6.45, 7) is 2.19. The van der Waals surface area contributed by atoms with Gasteiger partial charge in [0.15, 0.2) is 11.5 Å². The van der Waals surface area contributed by atoms with Crippen LogP contribution in [-0.2, 0) is 0 Å². The molecule has 0 radical (unpaired) electrons. The number of hydrogen-bond acceptors (Lipinski definition) is 3. The van der Waals surface area contributed by atoms with Crippen molar-refractivity contribution in [1.29, 1.82) is 0 Å². The predicted octanol–water partition coefficient (Wildman–Crippen LogP) is 1.95. The van der Waals surface area contributed by atoms with E-state index in [0.29, 0.717) is 23.5 Å². The molecule has 0 spiro atoms. The average Bonchev–Trinajstić information content (AvgIpc) is 2.85. The van der Waals surface area contributed by atoms with Gasteiger partial charge in [-0.25, -0.2) is 0 Å². The van der Waals surface area contributed by atoms with Gasteiger partial charge in [-0.1, -0.05) is 6.92 Å². The maximum Gasteiger partial charge on any atom is 0.251 e. The van der Waals surface area contributed by atoms with Crippen LogP contribution in [0.4, 0.5) is 0 Å². The fourth-order valence-electron chi connectivity index (χ4n) is 1.75. The quantitative estimate of drug-likeness (QED) is 0.825. The molecule has 0 bridgehead atoms. The average molecular weight is 245 g/mol. The lowest BCUT2D eigenvalue weighted by Crippen LogP contribution is -2.34. The van der Waals surface area contributed by atoms with Crippen LogP contribution >= 0.6 is 0 Å². The van der Waals surface area contributed by atoms with Crippen LogP contribution in [0.5, 0.6) is 11.5 Å². The van der Waals surface area contributed by atoms with E-state index in [2.05, 4.69) is 11.2 Å². The van der Waals surface area contributed by atoms with Crippen molar-refractivity contribution in [3.8, 4) is 23.8 Å². The number of terminal acetylenes is 1. The Morgan fingerprint density at radius 1 is 1.50 bits per heavy atom. The Balaban J connectivity index is 2.07. The smallest absolute Gasteiger partial charge is 0.251 e. The molecule has 0 saturated heterocycles. The Bertz CT molecular complexity index is 490. The van der Waals surface area contributed by atoms with Gasteiger partial charge in [-0.15, -0.1) is 12.3 Å². The maximum atomic E-state index is 12.0. The Kier molecular flexibility index (Phi) is 3.73. The third-order valence-electron chi connectivity index (χ3n) is 2.83. The first-order valence-electron chi connectivity index (χ1n) is 5.88. The first-order chi connectivity index (χ1) is 8.74. The van der Waals surface area contributed by atoms with E-state index in [0.717, 1.165) is 6.42 Å². The first-order valence-corrected chi connectivity index (χ1v) is 5.88. The van der Waals surface area contributed by atoms with Crippen molar-refractivity contribution in [3.63, 3.8) is 0 Å². The van der Waals surface area contributed by atoms with Crippen molar-refractivity contribution in [2.75, 3.05) is 6.79 Å². The molecule has 94 valence electrons. The van der Waals surface area contributed by atoms with E-state index in [1.807, 2.05) is 6.92 Å². The molecule has 0 aliphatic carbocycles. The van der Waals surface area contributed by atoms with Gasteiger partial charge in [0, 0.05) is 18.0 Å². The van der Waals surface area contributed by atoms with Crippen LogP contribution in [0, 0.1) is 12.3 Å². The minimum atomic E-state index is -0.143. The molecule has 0 fully saturated rings. The van der Waals surface area contributed by atoms with Crippen LogP contribution in [-0.4, -0.2) is 18.7 Å². The fraction of sp³-hybridized carbons (Fsp3) is 0.357. The highest BCUT2D eigenvalue weighted by Gasteiger charge is 2.17. The summed E-state index contributed by atoms with van der Waals surface area (Å²) in [5, 5.41) is 2.90. The van der Waals surface area contributed by atoms with Gasteiger partial charge >= 0.3 is 0 Å². The third kappa shape index (κ3) is 2.57. The zero-order valence-corrected chi connectivity index (χ0v) is 10.2. The SMILES string of the molecule is C#CCC(CC)NC(=O)c1ccc2c(c1)OCO2. The monoisotopic (exact) mass is 245 g/mol. The Morgan fingerprint density at radius 2 is 2.28 bits per heavy atom. The van der Waals surface area contributed by atoms with E-state index in [1.165, 1.54) is 0 Å². The second kappa shape index (κ2) is 5.46. The topological polar surface area (TPSA) is 47.6 Å². The molecule has 18 heavy (non-hydrogen) atoms. The minimum Gasteiger partial charge on any atom is -0.454 e. The van der Waals surface area contributed by atoms with Crippen molar-refractivity contribution >= 4 is 5.91 Å². The molecule has 2 rings (SSSR count). The van der Waals surface area contributed by atoms with Crippen LogP contribution in [0.1, 0.15) is 30.1 Å². The molecule has 1 heterocycles. The summed E-state index contributed by atoms with van der Waals surface area (Å²) in [5.74, 6) is 3.69. The zero-order chi connectivity index (χ0) is 13.0. The van der Waals surface area contributed by atoms with Crippen molar-refractivity contribution < 1.29 is 14.3 Å². The minimum absolute atomic E-state index is 0.00734. The Hall–Kier alpha value is -2.15. The molecule has 1 amide bonds. The number of nitrogens with one attached hydrogen (secondary N) is 1. The summed E-state index contributed by atoms with van der Waals surface area (Å²) in [5.41, 5.74) is 0.551. The van der Waals surface area contributed by atoms with Crippen LogP contribution < -0.4 is 14.8 Å². The zero-order valence-electron chi connectivity index (χ0n) is 10.2. The van der Waals surface area contributed by atoms with Crippen LogP contribution in [0.25, 0.3) is 0 Å². The molecule has 4 nitrogen and oxygen atoms in total. The lowest BCUT2D eigenvalue weighted by molar-refractivity contribution is 0.0936. The van der Waals surface area contributed by atoms with E-state index < -0.39 is 0 Å². The summed E-state index contributed by atoms with van der Waals surface area (Å²) in [4.78, 5) is 12.0. The van der Waals surface area contributed by atoms with E-state index in [4.69, 9.17) is 15.9 Å². The standard InChI is InChI=1S/C14H15NO3/c1-3-5-11(4-2)15-14(16)10-6-7-12-13(8-10)18-9-17-12/h1,6-8,11H,4-5,9H2,2H3,(H,15,16). The normalized spacial score (nSPS) is 13.8. The highest BCUT2D eigenvalue weighted by Crippen LogP contribution is 2.32. The largest absolute Gasteiger partial charge is 0.454 e. The number of carbonyl (C=O) groups excluding carboxylic acids is 1. The summed E-state index contributed by atoms with van der Waals surface area (Å²) >= 11 is 0.